The first kappa shape index (κ1) is 10.4. The van der Waals surface area contributed by atoms with Crippen LogP contribution >= 0.6 is 0 Å². The van der Waals surface area contributed by atoms with Gasteiger partial charge in [-0.05, 0) is 18.2 Å². The van der Waals surface area contributed by atoms with Crippen LogP contribution in [0.2, 0.25) is 0 Å². The number of aromatic amines is 1. The highest BCUT2D eigenvalue weighted by atomic mass is 16.2. The van der Waals surface area contributed by atoms with E-state index in [-0.39, 0.29) is 12.2 Å². The van der Waals surface area contributed by atoms with E-state index in [1.807, 2.05) is 0 Å². The Morgan fingerprint density at radius 3 is 3.12 bits per heavy atom. The lowest BCUT2D eigenvalue weighted by Gasteiger charge is -1.95. The minimum atomic E-state index is -0.153. The molecule has 0 amide bonds. The average molecular weight is 214 g/mol. The van der Waals surface area contributed by atoms with Gasteiger partial charge in [-0.25, -0.2) is 4.98 Å². The van der Waals surface area contributed by atoms with Crippen LogP contribution < -0.4 is 5.56 Å². The predicted octanol–water partition coefficient (Wildman–Crippen LogP) is 0.657. The Bertz CT molecular complexity index is 620. The minimum absolute atomic E-state index is 0.0541. The second kappa shape index (κ2) is 4.60. The van der Waals surface area contributed by atoms with Gasteiger partial charge in [-0.2, -0.15) is 0 Å². The highest BCUT2D eigenvalue weighted by molar-refractivity contribution is 5.78. The zero-order valence-corrected chi connectivity index (χ0v) is 8.53. The molecular formula is C12H10N2O2. The normalized spacial score (nSPS) is 9.81. The number of aliphatic hydroxyl groups is 1. The van der Waals surface area contributed by atoms with Crippen molar-refractivity contribution in [1.29, 1.82) is 0 Å². The minimum Gasteiger partial charge on any atom is -0.395 e. The zero-order chi connectivity index (χ0) is 11.4. The summed E-state index contributed by atoms with van der Waals surface area (Å²) in [6.45, 7) is 0.0541. The summed E-state index contributed by atoms with van der Waals surface area (Å²) in [7, 11) is 0. The summed E-state index contributed by atoms with van der Waals surface area (Å²) in [5.74, 6) is 5.71. The van der Waals surface area contributed by atoms with Crippen LogP contribution in [0.3, 0.4) is 0 Å². The molecule has 16 heavy (non-hydrogen) atoms. The van der Waals surface area contributed by atoms with E-state index in [1.165, 1.54) is 6.33 Å². The van der Waals surface area contributed by atoms with Crippen LogP contribution in [0.15, 0.2) is 29.3 Å². The number of nitrogens with zero attached hydrogens (tertiary/aromatic N) is 1. The molecule has 0 unspecified atom stereocenters. The summed E-state index contributed by atoms with van der Waals surface area (Å²) < 4.78 is 0. The van der Waals surface area contributed by atoms with Crippen molar-refractivity contribution in [1.82, 2.24) is 9.97 Å². The highest BCUT2D eigenvalue weighted by Crippen LogP contribution is 2.08. The van der Waals surface area contributed by atoms with Gasteiger partial charge in [0.1, 0.15) is 0 Å². The number of hydrogen-bond acceptors (Lipinski definition) is 3. The van der Waals surface area contributed by atoms with E-state index in [2.05, 4.69) is 21.8 Å². The number of nitrogens with one attached hydrogen (secondary N) is 1. The third-order valence-electron chi connectivity index (χ3n) is 2.11. The number of benzene rings is 1. The number of rotatable bonds is 1. The molecule has 80 valence electrons. The fourth-order valence-corrected chi connectivity index (χ4v) is 1.37. The molecule has 1 aromatic heterocycles. The van der Waals surface area contributed by atoms with Crippen LogP contribution in [0, 0.1) is 11.8 Å². The lowest BCUT2D eigenvalue weighted by molar-refractivity contribution is 0.305. The molecule has 0 spiro atoms. The molecule has 0 fully saturated rings. The van der Waals surface area contributed by atoms with Crippen molar-refractivity contribution in [3.63, 3.8) is 0 Å². The first-order valence-electron chi connectivity index (χ1n) is 4.88. The zero-order valence-electron chi connectivity index (χ0n) is 8.53. The fourth-order valence-electron chi connectivity index (χ4n) is 1.37. The Kier molecular flexibility index (Phi) is 2.99. The van der Waals surface area contributed by atoms with Gasteiger partial charge in [0, 0.05) is 12.0 Å². The molecule has 2 N–H and O–H groups in total. The quantitative estimate of drug-likeness (QED) is 0.685. The second-order valence-corrected chi connectivity index (χ2v) is 3.24. The molecular weight excluding hydrogens is 204 g/mol. The van der Waals surface area contributed by atoms with Crippen LogP contribution in [-0.4, -0.2) is 21.7 Å². The number of hydrogen-bond donors (Lipinski definition) is 2. The van der Waals surface area contributed by atoms with Gasteiger partial charge in [0.05, 0.1) is 23.8 Å². The summed E-state index contributed by atoms with van der Waals surface area (Å²) in [6, 6.07) is 5.22. The van der Waals surface area contributed by atoms with Crippen molar-refractivity contribution in [3.05, 3.63) is 40.4 Å². The first-order chi connectivity index (χ1) is 7.81. The summed E-state index contributed by atoms with van der Waals surface area (Å²) >= 11 is 0. The van der Waals surface area contributed by atoms with Gasteiger partial charge in [-0.15, -0.1) is 0 Å². The topological polar surface area (TPSA) is 66.0 Å². The van der Waals surface area contributed by atoms with Crippen LogP contribution in [0.4, 0.5) is 0 Å². The molecule has 4 heteroatoms. The van der Waals surface area contributed by atoms with Crippen LogP contribution in [-0.2, 0) is 0 Å². The number of aromatic nitrogens is 2. The number of aliphatic hydroxyl groups excluding tert-OH is 1. The van der Waals surface area contributed by atoms with E-state index >= 15 is 0 Å². The molecule has 0 aliphatic rings. The van der Waals surface area contributed by atoms with E-state index < -0.39 is 0 Å². The van der Waals surface area contributed by atoms with Gasteiger partial charge >= 0.3 is 0 Å². The van der Waals surface area contributed by atoms with Gasteiger partial charge < -0.3 is 10.1 Å². The SMILES string of the molecule is O=c1[nH]cnc2cc(C#CCCO)ccc12. The second-order valence-electron chi connectivity index (χ2n) is 3.24. The van der Waals surface area contributed by atoms with Gasteiger partial charge in [0.15, 0.2) is 0 Å². The molecule has 0 atom stereocenters. The summed E-state index contributed by atoms with van der Waals surface area (Å²) in [5, 5.41) is 9.14. The highest BCUT2D eigenvalue weighted by Gasteiger charge is 1.98. The Hall–Kier alpha value is -2.12. The van der Waals surface area contributed by atoms with Crippen molar-refractivity contribution >= 4 is 10.9 Å². The number of H-pyrrole nitrogens is 1. The Morgan fingerprint density at radius 2 is 2.31 bits per heavy atom. The van der Waals surface area contributed by atoms with Crippen LogP contribution in [0.1, 0.15) is 12.0 Å². The largest absolute Gasteiger partial charge is 0.395 e. The van der Waals surface area contributed by atoms with E-state index in [9.17, 15) is 4.79 Å². The average Bonchev–Trinajstić information content (AvgIpc) is 2.30. The van der Waals surface area contributed by atoms with Crippen molar-refractivity contribution in [2.24, 2.45) is 0 Å². The Balaban J connectivity index is 2.46. The first-order valence-corrected chi connectivity index (χ1v) is 4.88. The van der Waals surface area contributed by atoms with Crippen LogP contribution in [0.25, 0.3) is 10.9 Å². The van der Waals surface area contributed by atoms with Crippen LogP contribution in [0.5, 0.6) is 0 Å². The Morgan fingerprint density at radius 1 is 1.44 bits per heavy atom. The van der Waals surface area contributed by atoms with Crippen molar-refractivity contribution < 1.29 is 5.11 Å². The maximum atomic E-state index is 11.4. The standard InChI is InChI=1S/C12H10N2O2/c15-6-2-1-3-9-4-5-10-11(7-9)13-8-14-12(10)16/h4-5,7-8,15H,2,6H2,(H,13,14,16). The fraction of sp³-hybridized carbons (Fsp3) is 0.167. The monoisotopic (exact) mass is 214 g/mol. The lowest BCUT2D eigenvalue weighted by atomic mass is 10.1. The van der Waals surface area contributed by atoms with Crippen molar-refractivity contribution in [2.75, 3.05) is 6.61 Å². The third-order valence-corrected chi connectivity index (χ3v) is 2.11. The number of fused-ring (bicyclic) bond motifs is 1. The molecule has 0 saturated heterocycles. The van der Waals surface area contributed by atoms with Gasteiger partial charge in [-0.1, -0.05) is 11.8 Å². The summed E-state index contributed by atoms with van der Waals surface area (Å²) in [5.41, 5.74) is 1.26. The van der Waals surface area contributed by atoms with E-state index in [0.717, 1.165) is 5.56 Å². The maximum absolute atomic E-state index is 11.4. The summed E-state index contributed by atoms with van der Waals surface area (Å²) in [6.07, 6.45) is 1.82. The Labute approximate surface area is 92.0 Å². The summed E-state index contributed by atoms with van der Waals surface area (Å²) in [4.78, 5) is 18.0. The molecule has 0 saturated carbocycles. The van der Waals surface area contributed by atoms with E-state index in [0.29, 0.717) is 17.3 Å². The maximum Gasteiger partial charge on any atom is 0.258 e. The van der Waals surface area contributed by atoms with E-state index in [4.69, 9.17) is 5.11 Å². The molecule has 1 aromatic carbocycles. The molecule has 0 aliphatic carbocycles. The van der Waals surface area contributed by atoms with Gasteiger partial charge in [0.25, 0.3) is 5.56 Å². The molecule has 0 radical (unpaired) electrons. The lowest BCUT2D eigenvalue weighted by Crippen LogP contribution is -2.05. The van der Waals surface area contributed by atoms with Crippen molar-refractivity contribution in [3.8, 4) is 11.8 Å². The van der Waals surface area contributed by atoms with E-state index in [1.54, 1.807) is 18.2 Å². The predicted molar refractivity (Wildman–Crippen MR) is 60.9 cm³/mol. The van der Waals surface area contributed by atoms with Gasteiger partial charge in [0.2, 0.25) is 0 Å². The molecule has 0 aliphatic heterocycles. The molecule has 2 aromatic rings. The molecule has 1 heterocycles. The van der Waals surface area contributed by atoms with Crippen molar-refractivity contribution in [2.45, 2.75) is 6.42 Å². The smallest absolute Gasteiger partial charge is 0.258 e. The third kappa shape index (κ3) is 2.10. The molecule has 2 rings (SSSR count). The molecule has 4 nitrogen and oxygen atoms in total. The van der Waals surface area contributed by atoms with Gasteiger partial charge in [-0.3, -0.25) is 4.79 Å². The molecule has 0 bridgehead atoms.